The fourth-order valence-electron chi connectivity index (χ4n) is 2.84. The number of aromatic carboxylic acids is 1. The summed E-state index contributed by atoms with van der Waals surface area (Å²) in [5.74, 6) is -0.165. The van der Waals surface area contributed by atoms with Crippen LogP contribution < -0.4 is 0 Å². The molecular weight excluding hydrogens is 268 g/mol. The van der Waals surface area contributed by atoms with E-state index in [9.17, 15) is 9.90 Å². The largest absolute Gasteiger partial charge is 0.476 e. The fraction of sp³-hybridized carbons (Fsp3) is 0.467. The molecule has 1 fully saturated rings. The summed E-state index contributed by atoms with van der Waals surface area (Å²) in [5, 5.41) is 9.37. The van der Waals surface area contributed by atoms with Crippen LogP contribution in [-0.2, 0) is 6.54 Å². The molecule has 0 aliphatic carbocycles. The number of carbonyl (C=O) groups is 1. The molecule has 0 unspecified atom stereocenters. The van der Waals surface area contributed by atoms with Crippen LogP contribution in [0, 0.1) is 6.92 Å². The number of hydrogen-bond donors (Lipinski definition) is 1. The molecule has 3 rings (SSSR count). The van der Waals surface area contributed by atoms with Crippen LogP contribution in [0.5, 0.6) is 0 Å². The third-order valence-corrected chi connectivity index (χ3v) is 4.10. The van der Waals surface area contributed by atoms with E-state index in [0.717, 1.165) is 37.6 Å². The minimum absolute atomic E-state index is 0.150. The van der Waals surface area contributed by atoms with E-state index < -0.39 is 5.97 Å². The molecule has 1 aliphatic rings. The highest BCUT2D eigenvalue weighted by atomic mass is 16.4. The molecule has 2 aromatic rings. The molecule has 0 atom stereocenters. The minimum atomic E-state index is -0.966. The number of aromatic nitrogens is 2. The van der Waals surface area contributed by atoms with Gasteiger partial charge in [-0.1, -0.05) is 6.07 Å². The molecule has 0 bridgehead atoms. The molecule has 112 valence electrons. The highest BCUT2D eigenvalue weighted by Crippen LogP contribution is 2.19. The zero-order valence-corrected chi connectivity index (χ0v) is 12.4. The van der Waals surface area contributed by atoms with Gasteiger partial charge in [0.2, 0.25) is 0 Å². The van der Waals surface area contributed by atoms with Gasteiger partial charge in [-0.25, -0.2) is 9.78 Å². The second kappa shape index (κ2) is 5.46. The van der Waals surface area contributed by atoms with E-state index in [0.29, 0.717) is 12.1 Å². The summed E-state index contributed by atoms with van der Waals surface area (Å²) in [4.78, 5) is 20.4. The van der Waals surface area contributed by atoms with Crippen molar-refractivity contribution in [3.63, 3.8) is 0 Å². The number of carboxylic acids is 1. The highest BCUT2D eigenvalue weighted by molar-refractivity contribution is 5.94. The molecular formula is C15H20N4O2. The van der Waals surface area contributed by atoms with Crippen molar-refractivity contribution in [1.29, 1.82) is 0 Å². The lowest BCUT2D eigenvalue weighted by atomic mass is 10.2. The number of piperazine rings is 1. The van der Waals surface area contributed by atoms with Crippen LogP contribution in [0.4, 0.5) is 0 Å². The molecule has 0 amide bonds. The van der Waals surface area contributed by atoms with E-state index >= 15 is 0 Å². The Bertz CT molecular complexity index is 672. The lowest BCUT2D eigenvalue weighted by Gasteiger charge is -2.31. The van der Waals surface area contributed by atoms with Crippen molar-refractivity contribution in [2.24, 2.45) is 0 Å². The van der Waals surface area contributed by atoms with Gasteiger partial charge in [0.25, 0.3) is 0 Å². The number of likely N-dealkylation sites (N-methyl/N-ethyl adjacent to an activating group) is 1. The molecule has 0 aromatic carbocycles. The fourth-order valence-corrected chi connectivity index (χ4v) is 2.84. The number of hydrogen-bond acceptors (Lipinski definition) is 4. The van der Waals surface area contributed by atoms with Crippen LogP contribution in [0.2, 0.25) is 0 Å². The number of imidazole rings is 1. The third-order valence-electron chi connectivity index (χ3n) is 4.10. The van der Waals surface area contributed by atoms with Gasteiger partial charge in [-0.2, -0.15) is 0 Å². The normalized spacial score (nSPS) is 17.4. The Labute approximate surface area is 123 Å². The van der Waals surface area contributed by atoms with Gasteiger partial charge in [-0.05, 0) is 25.6 Å². The second-order valence-corrected chi connectivity index (χ2v) is 5.67. The zero-order valence-electron chi connectivity index (χ0n) is 12.4. The Hall–Kier alpha value is -1.92. The molecule has 0 saturated carbocycles. The van der Waals surface area contributed by atoms with E-state index in [-0.39, 0.29) is 5.69 Å². The Balaban J connectivity index is 1.95. The molecule has 3 heterocycles. The number of rotatable bonds is 3. The smallest absolute Gasteiger partial charge is 0.356 e. The standard InChI is InChI=1S/C15H20N4O2/c1-11-4-3-5-19-12(16-13(14(11)19)15(20)21)10-18-8-6-17(2)7-9-18/h3-5H,6-10H2,1-2H3,(H,20,21). The maximum atomic E-state index is 11.4. The second-order valence-electron chi connectivity index (χ2n) is 5.67. The first-order valence-electron chi connectivity index (χ1n) is 7.17. The van der Waals surface area contributed by atoms with E-state index in [1.807, 2.05) is 29.7 Å². The number of carboxylic acid groups (broad SMARTS) is 1. The van der Waals surface area contributed by atoms with E-state index in [1.165, 1.54) is 0 Å². The lowest BCUT2D eigenvalue weighted by molar-refractivity contribution is 0.0692. The van der Waals surface area contributed by atoms with Crippen LogP contribution in [0.15, 0.2) is 18.3 Å². The monoisotopic (exact) mass is 288 g/mol. The average Bonchev–Trinajstić information content (AvgIpc) is 2.82. The Kier molecular flexibility index (Phi) is 3.65. The lowest BCUT2D eigenvalue weighted by Crippen LogP contribution is -2.44. The Morgan fingerprint density at radius 3 is 2.71 bits per heavy atom. The van der Waals surface area contributed by atoms with Gasteiger partial charge in [0.05, 0.1) is 12.1 Å². The predicted octanol–water partition coefficient (Wildman–Crippen LogP) is 1.09. The maximum absolute atomic E-state index is 11.4. The summed E-state index contributed by atoms with van der Waals surface area (Å²) >= 11 is 0. The van der Waals surface area contributed by atoms with Gasteiger partial charge in [0.15, 0.2) is 5.69 Å². The summed E-state index contributed by atoms with van der Waals surface area (Å²) in [6, 6.07) is 3.85. The van der Waals surface area contributed by atoms with Gasteiger partial charge >= 0.3 is 5.97 Å². The van der Waals surface area contributed by atoms with Crippen molar-refractivity contribution in [3.05, 3.63) is 35.4 Å². The summed E-state index contributed by atoms with van der Waals surface area (Å²) in [6.45, 7) is 6.65. The van der Waals surface area contributed by atoms with E-state index in [2.05, 4.69) is 21.8 Å². The van der Waals surface area contributed by atoms with Crippen molar-refractivity contribution in [2.75, 3.05) is 33.2 Å². The molecule has 1 aliphatic heterocycles. The first-order chi connectivity index (χ1) is 10.1. The van der Waals surface area contributed by atoms with Crippen LogP contribution in [-0.4, -0.2) is 63.5 Å². The molecule has 6 heteroatoms. The van der Waals surface area contributed by atoms with Gasteiger partial charge in [0.1, 0.15) is 5.82 Å². The number of fused-ring (bicyclic) bond motifs is 1. The first-order valence-corrected chi connectivity index (χ1v) is 7.17. The quantitative estimate of drug-likeness (QED) is 0.916. The summed E-state index contributed by atoms with van der Waals surface area (Å²) in [6.07, 6.45) is 1.90. The first kappa shape index (κ1) is 14.0. The van der Waals surface area contributed by atoms with E-state index in [4.69, 9.17) is 0 Å². The molecule has 6 nitrogen and oxygen atoms in total. The number of pyridine rings is 1. The Morgan fingerprint density at radius 1 is 1.33 bits per heavy atom. The topological polar surface area (TPSA) is 61.1 Å². The molecule has 0 spiro atoms. The average molecular weight is 288 g/mol. The summed E-state index contributed by atoms with van der Waals surface area (Å²) in [5.41, 5.74) is 1.79. The van der Waals surface area contributed by atoms with Crippen LogP contribution in [0.3, 0.4) is 0 Å². The minimum Gasteiger partial charge on any atom is -0.476 e. The van der Waals surface area contributed by atoms with Crippen molar-refractivity contribution in [1.82, 2.24) is 19.2 Å². The molecule has 2 aromatic heterocycles. The maximum Gasteiger partial charge on any atom is 0.356 e. The van der Waals surface area contributed by atoms with Crippen molar-refractivity contribution in [2.45, 2.75) is 13.5 Å². The van der Waals surface area contributed by atoms with Gasteiger partial charge in [-0.15, -0.1) is 0 Å². The molecule has 21 heavy (non-hydrogen) atoms. The zero-order chi connectivity index (χ0) is 15.0. The molecule has 1 N–H and O–H groups in total. The molecule has 0 radical (unpaired) electrons. The predicted molar refractivity (Wildman–Crippen MR) is 79.7 cm³/mol. The summed E-state index contributed by atoms with van der Waals surface area (Å²) < 4.78 is 1.91. The van der Waals surface area contributed by atoms with Gasteiger partial charge in [0, 0.05) is 32.4 Å². The van der Waals surface area contributed by atoms with Crippen molar-refractivity contribution in [3.8, 4) is 0 Å². The van der Waals surface area contributed by atoms with Crippen LogP contribution in [0.25, 0.3) is 5.52 Å². The van der Waals surface area contributed by atoms with Crippen molar-refractivity contribution < 1.29 is 9.90 Å². The van der Waals surface area contributed by atoms with Gasteiger partial charge in [-0.3, -0.25) is 4.90 Å². The van der Waals surface area contributed by atoms with Gasteiger partial charge < -0.3 is 14.4 Å². The number of aryl methyl sites for hydroxylation is 1. The van der Waals surface area contributed by atoms with Crippen LogP contribution in [0.1, 0.15) is 21.9 Å². The Morgan fingerprint density at radius 2 is 2.05 bits per heavy atom. The van der Waals surface area contributed by atoms with Crippen LogP contribution >= 0.6 is 0 Å². The number of nitrogens with zero attached hydrogens (tertiary/aromatic N) is 4. The third kappa shape index (κ3) is 2.64. The molecule has 1 saturated heterocycles. The highest BCUT2D eigenvalue weighted by Gasteiger charge is 2.21. The summed E-state index contributed by atoms with van der Waals surface area (Å²) in [7, 11) is 2.12. The van der Waals surface area contributed by atoms with E-state index in [1.54, 1.807) is 0 Å². The SMILES string of the molecule is Cc1cccn2c(CN3CCN(C)CC3)nc(C(=O)O)c12. The van der Waals surface area contributed by atoms with Crippen molar-refractivity contribution >= 4 is 11.5 Å².